The molecule has 0 spiro atoms. The Balaban J connectivity index is 1.17. The minimum Gasteiger partial charge on any atom is -0.371 e. The van der Waals surface area contributed by atoms with Gasteiger partial charge in [-0.3, -0.25) is 14.5 Å². The normalized spacial score (nSPS) is 20.3. The molecule has 1 N–H and O–H groups in total. The molecule has 2 aromatic rings. The number of carbonyl (C=O) groups is 2. The van der Waals surface area contributed by atoms with Crippen molar-refractivity contribution in [3.8, 4) is 0 Å². The molecule has 2 amide bonds. The van der Waals surface area contributed by atoms with Crippen molar-refractivity contribution in [3.63, 3.8) is 0 Å². The highest BCUT2D eigenvalue weighted by Crippen LogP contribution is 2.28. The van der Waals surface area contributed by atoms with Gasteiger partial charge >= 0.3 is 0 Å². The molecular formula is C28H35ClN4O2. The van der Waals surface area contributed by atoms with Gasteiger partial charge in [-0.15, -0.1) is 0 Å². The molecule has 2 aliphatic heterocycles. The van der Waals surface area contributed by atoms with Crippen molar-refractivity contribution < 1.29 is 9.59 Å². The first-order chi connectivity index (χ1) is 17.1. The van der Waals surface area contributed by atoms with Gasteiger partial charge in [-0.2, -0.15) is 0 Å². The number of para-hydroxylation sites is 1. The number of nitrogens with one attached hydrogen (secondary N) is 1. The van der Waals surface area contributed by atoms with Gasteiger partial charge in [0.15, 0.2) is 0 Å². The zero-order valence-electron chi connectivity index (χ0n) is 20.3. The van der Waals surface area contributed by atoms with Crippen molar-refractivity contribution in [2.45, 2.75) is 50.6 Å². The molecular weight excluding hydrogens is 460 g/mol. The topological polar surface area (TPSA) is 55.9 Å². The van der Waals surface area contributed by atoms with Crippen LogP contribution in [0.2, 0.25) is 5.02 Å². The lowest BCUT2D eigenvalue weighted by atomic mass is 10.0. The highest BCUT2D eigenvalue weighted by atomic mass is 35.5. The van der Waals surface area contributed by atoms with Crippen LogP contribution in [0.15, 0.2) is 48.5 Å². The van der Waals surface area contributed by atoms with E-state index in [1.165, 1.54) is 25.7 Å². The third-order valence-electron chi connectivity index (χ3n) is 7.85. The zero-order valence-corrected chi connectivity index (χ0v) is 21.1. The number of hydrogen-bond acceptors (Lipinski definition) is 4. The second-order valence-electron chi connectivity index (χ2n) is 10.0. The molecule has 0 radical (unpaired) electrons. The molecule has 2 heterocycles. The van der Waals surface area contributed by atoms with Crippen molar-refractivity contribution >= 4 is 29.1 Å². The number of hydrogen-bond donors (Lipinski definition) is 1. The molecule has 2 saturated heterocycles. The second-order valence-corrected chi connectivity index (χ2v) is 10.5. The van der Waals surface area contributed by atoms with Crippen molar-refractivity contribution in [1.82, 2.24) is 15.1 Å². The fraction of sp³-hybridized carbons (Fsp3) is 0.500. The lowest BCUT2D eigenvalue weighted by Gasteiger charge is -2.39. The van der Waals surface area contributed by atoms with Crippen LogP contribution in [0.5, 0.6) is 0 Å². The van der Waals surface area contributed by atoms with Crippen LogP contribution in [0.3, 0.4) is 0 Å². The Morgan fingerprint density at radius 1 is 0.800 bits per heavy atom. The minimum absolute atomic E-state index is 0.0626. The smallest absolute Gasteiger partial charge is 0.256 e. The van der Waals surface area contributed by atoms with E-state index in [2.05, 4.69) is 21.2 Å². The monoisotopic (exact) mass is 494 g/mol. The van der Waals surface area contributed by atoms with Crippen LogP contribution in [0.4, 0.5) is 5.69 Å². The minimum atomic E-state index is -0.0626. The van der Waals surface area contributed by atoms with Gasteiger partial charge in [-0.05, 0) is 62.1 Å². The van der Waals surface area contributed by atoms with E-state index in [1.54, 1.807) is 24.3 Å². The number of piperidine rings is 1. The predicted molar refractivity (Wildman–Crippen MR) is 140 cm³/mol. The molecule has 0 unspecified atom stereocenters. The highest BCUT2D eigenvalue weighted by molar-refractivity contribution is 6.30. The van der Waals surface area contributed by atoms with Crippen LogP contribution in [0, 0.1) is 0 Å². The Morgan fingerprint density at radius 3 is 2.14 bits per heavy atom. The second kappa shape index (κ2) is 11.0. The number of carbonyl (C=O) groups excluding carboxylic acids is 2. The average molecular weight is 495 g/mol. The summed E-state index contributed by atoms with van der Waals surface area (Å²) < 4.78 is 0. The Labute approximate surface area is 213 Å². The maximum Gasteiger partial charge on any atom is 0.256 e. The summed E-state index contributed by atoms with van der Waals surface area (Å²) in [5.41, 5.74) is 2.43. The first-order valence-corrected chi connectivity index (χ1v) is 13.4. The molecule has 7 heteroatoms. The van der Waals surface area contributed by atoms with Gasteiger partial charge in [0.2, 0.25) is 0 Å². The predicted octanol–water partition coefficient (Wildman–Crippen LogP) is 4.44. The van der Waals surface area contributed by atoms with Gasteiger partial charge in [0.05, 0.1) is 5.56 Å². The first-order valence-electron chi connectivity index (χ1n) is 13.0. The quantitative estimate of drug-likeness (QED) is 0.667. The lowest BCUT2D eigenvalue weighted by Crippen LogP contribution is -2.51. The maximum atomic E-state index is 13.5. The number of halogens is 1. The molecule has 0 aromatic heterocycles. The summed E-state index contributed by atoms with van der Waals surface area (Å²) in [5.74, 6) is 0.0808. The molecule has 35 heavy (non-hydrogen) atoms. The Hall–Kier alpha value is -2.57. The maximum absolute atomic E-state index is 13.5. The van der Waals surface area contributed by atoms with Gasteiger partial charge in [-0.1, -0.05) is 36.6 Å². The fourth-order valence-corrected chi connectivity index (χ4v) is 5.92. The summed E-state index contributed by atoms with van der Waals surface area (Å²) in [6, 6.07) is 15.8. The summed E-state index contributed by atoms with van der Waals surface area (Å²) >= 11 is 5.93. The van der Waals surface area contributed by atoms with Crippen LogP contribution in [0.1, 0.15) is 59.2 Å². The Bertz CT molecular complexity index is 1020. The Kier molecular flexibility index (Phi) is 7.59. The van der Waals surface area contributed by atoms with E-state index in [4.69, 9.17) is 11.6 Å². The largest absolute Gasteiger partial charge is 0.371 e. The molecule has 1 aliphatic carbocycles. The molecule has 6 nitrogen and oxygen atoms in total. The zero-order chi connectivity index (χ0) is 24.2. The van der Waals surface area contributed by atoms with Crippen LogP contribution in [-0.2, 0) is 0 Å². The summed E-state index contributed by atoms with van der Waals surface area (Å²) in [7, 11) is 0. The number of nitrogens with zero attached hydrogens (tertiary/aromatic N) is 3. The van der Waals surface area contributed by atoms with E-state index in [0.29, 0.717) is 10.6 Å². The van der Waals surface area contributed by atoms with E-state index in [0.717, 1.165) is 69.4 Å². The molecule has 3 fully saturated rings. The van der Waals surface area contributed by atoms with Gasteiger partial charge < -0.3 is 15.1 Å². The molecule has 186 valence electrons. The fourth-order valence-electron chi connectivity index (χ4n) is 5.79. The van der Waals surface area contributed by atoms with Crippen LogP contribution in [-0.4, -0.2) is 73.0 Å². The van der Waals surface area contributed by atoms with E-state index in [-0.39, 0.29) is 17.9 Å². The molecule has 5 rings (SSSR count). The van der Waals surface area contributed by atoms with Crippen molar-refractivity contribution in [2.24, 2.45) is 0 Å². The number of rotatable bonds is 5. The summed E-state index contributed by atoms with van der Waals surface area (Å²) in [6.45, 7) is 5.20. The number of piperazine rings is 1. The lowest BCUT2D eigenvalue weighted by molar-refractivity contribution is 0.0574. The summed E-state index contributed by atoms with van der Waals surface area (Å²) in [5, 5.41) is 3.78. The first kappa shape index (κ1) is 24.1. The molecule has 3 aliphatic rings. The molecule has 1 saturated carbocycles. The average Bonchev–Trinajstić information content (AvgIpc) is 3.44. The molecule has 0 bridgehead atoms. The standard InChI is InChI=1S/C28H35ClN4O2/c29-22-11-9-21(10-12-22)27(34)30-23-13-15-32(16-14-23)26-8-4-3-7-25(26)28(35)33-19-17-31(18-20-33)24-5-1-2-6-24/h3-4,7-12,23-24H,1-2,5-6,13-20H2,(H,30,34). The Morgan fingerprint density at radius 2 is 1.46 bits per heavy atom. The van der Waals surface area contributed by atoms with Crippen LogP contribution < -0.4 is 10.2 Å². The van der Waals surface area contributed by atoms with Crippen molar-refractivity contribution in [1.29, 1.82) is 0 Å². The van der Waals surface area contributed by atoms with Gasteiger partial charge in [0, 0.05) is 67.6 Å². The van der Waals surface area contributed by atoms with Crippen LogP contribution in [0.25, 0.3) is 0 Å². The molecule has 2 aromatic carbocycles. The number of benzene rings is 2. The number of anilines is 1. The van der Waals surface area contributed by atoms with Crippen LogP contribution >= 0.6 is 11.6 Å². The van der Waals surface area contributed by atoms with E-state index < -0.39 is 0 Å². The summed E-state index contributed by atoms with van der Waals surface area (Å²) in [6.07, 6.45) is 7.01. The van der Waals surface area contributed by atoms with E-state index >= 15 is 0 Å². The van der Waals surface area contributed by atoms with Gasteiger partial charge in [0.1, 0.15) is 0 Å². The van der Waals surface area contributed by atoms with E-state index in [1.807, 2.05) is 23.1 Å². The third-order valence-corrected chi connectivity index (χ3v) is 8.11. The van der Waals surface area contributed by atoms with E-state index in [9.17, 15) is 9.59 Å². The SMILES string of the molecule is O=C(NC1CCN(c2ccccc2C(=O)N2CCN(C3CCCC3)CC2)CC1)c1ccc(Cl)cc1. The van der Waals surface area contributed by atoms with Crippen molar-refractivity contribution in [3.05, 3.63) is 64.7 Å². The molecule has 0 atom stereocenters. The third kappa shape index (κ3) is 5.65. The number of amides is 2. The van der Waals surface area contributed by atoms with Crippen molar-refractivity contribution in [2.75, 3.05) is 44.2 Å². The highest BCUT2D eigenvalue weighted by Gasteiger charge is 2.30. The summed E-state index contributed by atoms with van der Waals surface area (Å²) in [4.78, 5) is 33.0. The van der Waals surface area contributed by atoms with Gasteiger partial charge in [0.25, 0.3) is 11.8 Å². The van der Waals surface area contributed by atoms with Gasteiger partial charge in [-0.25, -0.2) is 0 Å².